The van der Waals surface area contributed by atoms with Crippen molar-refractivity contribution in [3.8, 4) is 0 Å². The van der Waals surface area contributed by atoms with Crippen LogP contribution in [0.2, 0.25) is 5.02 Å². The topological polar surface area (TPSA) is 63.5 Å². The van der Waals surface area contributed by atoms with Crippen LogP contribution < -0.4 is 4.90 Å². The molecule has 2 aliphatic heterocycles. The molecule has 7 nitrogen and oxygen atoms in total. The number of piperazine rings is 1. The van der Waals surface area contributed by atoms with E-state index in [0.717, 1.165) is 50.7 Å². The quantitative estimate of drug-likeness (QED) is 0.807. The second-order valence-corrected chi connectivity index (χ2v) is 7.48. The smallest absolute Gasteiger partial charge is 0.257 e. The Balaban J connectivity index is 1.41. The molecule has 0 radical (unpaired) electrons. The molecule has 0 spiro atoms. The number of ether oxygens (including phenoxy) is 1. The van der Waals surface area contributed by atoms with Crippen LogP contribution in [0, 0.1) is 6.92 Å². The highest BCUT2D eigenvalue weighted by molar-refractivity contribution is 6.30. The molecule has 4 heterocycles. The number of halogens is 1. The van der Waals surface area contributed by atoms with Gasteiger partial charge in [-0.15, -0.1) is 0 Å². The van der Waals surface area contributed by atoms with Crippen molar-refractivity contribution in [3.05, 3.63) is 40.8 Å². The van der Waals surface area contributed by atoms with E-state index in [0.29, 0.717) is 29.7 Å². The van der Waals surface area contributed by atoms with Gasteiger partial charge in [0, 0.05) is 51.3 Å². The van der Waals surface area contributed by atoms with Crippen LogP contribution in [0.1, 0.15) is 34.9 Å². The molecule has 0 unspecified atom stereocenters. The van der Waals surface area contributed by atoms with E-state index in [2.05, 4.69) is 15.0 Å². The third-order valence-corrected chi connectivity index (χ3v) is 5.64. The maximum Gasteiger partial charge on any atom is 0.257 e. The van der Waals surface area contributed by atoms with Crippen LogP contribution in [0.25, 0.3) is 0 Å². The first kappa shape index (κ1) is 18.3. The van der Waals surface area contributed by atoms with Crippen molar-refractivity contribution in [3.63, 3.8) is 0 Å². The van der Waals surface area contributed by atoms with Gasteiger partial charge >= 0.3 is 0 Å². The first-order valence-corrected chi connectivity index (χ1v) is 9.79. The van der Waals surface area contributed by atoms with E-state index < -0.39 is 0 Å². The van der Waals surface area contributed by atoms with Crippen molar-refractivity contribution < 1.29 is 9.53 Å². The highest BCUT2D eigenvalue weighted by atomic mass is 35.5. The first-order valence-electron chi connectivity index (χ1n) is 9.41. The van der Waals surface area contributed by atoms with Crippen molar-refractivity contribution in [2.75, 3.05) is 44.3 Å². The van der Waals surface area contributed by atoms with Gasteiger partial charge in [-0.2, -0.15) is 5.10 Å². The molecule has 1 amide bonds. The summed E-state index contributed by atoms with van der Waals surface area (Å²) < 4.78 is 7.43. The molecule has 0 bridgehead atoms. The molecule has 2 aromatic heterocycles. The number of anilines is 1. The van der Waals surface area contributed by atoms with E-state index in [-0.39, 0.29) is 5.91 Å². The van der Waals surface area contributed by atoms with Gasteiger partial charge in [0.25, 0.3) is 5.91 Å². The molecule has 0 aromatic carbocycles. The summed E-state index contributed by atoms with van der Waals surface area (Å²) in [5, 5.41) is 5.14. The number of carbonyl (C=O) groups excluding carboxylic acids is 1. The SMILES string of the molecule is Cc1c(C(=O)N2CCN(c3ccc(Cl)cn3)CC2)cnn1C1CCOCC1. The maximum atomic E-state index is 13.0. The Morgan fingerprint density at radius 1 is 1.15 bits per heavy atom. The number of aromatic nitrogens is 3. The van der Waals surface area contributed by atoms with Crippen LogP contribution in [0.5, 0.6) is 0 Å². The van der Waals surface area contributed by atoms with Crippen LogP contribution in [0.4, 0.5) is 5.82 Å². The Morgan fingerprint density at radius 3 is 2.56 bits per heavy atom. The first-order chi connectivity index (χ1) is 13.1. The van der Waals surface area contributed by atoms with Gasteiger partial charge in [-0.1, -0.05) is 11.6 Å². The third kappa shape index (κ3) is 3.80. The number of hydrogen-bond donors (Lipinski definition) is 0. The molecule has 2 aromatic rings. The molecule has 2 aliphatic rings. The highest BCUT2D eigenvalue weighted by Gasteiger charge is 2.27. The Kier molecular flexibility index (Phi) is 5.31. The largest absolute Gasteiger partial charge is 0.381 e. The van der Waals surface area contributed by atoms with Crippen LogP contribution in [-0.2, 0) is 4.74 Å². The van der Waals surface area contributed by atoms with Crippen LogP contribution >= 0.6 is 11.6 Å². The van der Waals surface area contributed by atoms with Crippen LogP contribution in [-0.4, -0.2) is 65.0 Å². The summed E-state index contributed by atoms with van der Waals surface area (Å²) in [6, 6.07) is 4.09. The Morgan fingerprint density at radius 2 is 1.89 bits per heavy atom. The van der Waals surface area contributed by atoms with E-state index in [4.69, 9.17) is 16.3 Å². The van der Waals surface area contributed by atoms with Crippen molar-refractivity contribution in [1.82, 2.24) is 19.7 Å². The fourth-order valence-corrected chi connectivity index (χ4v) is 3.91. The maximum absolute atomic E-state index is 13.0. The molecular formula is C19H24ClN5O2. The highest BCUT2D eigenvalue weighted by Crippen LogP contribution is 2.24. The zero-order valence-electron chi connectivity index (χ0n) is 15.5. The van der Waals surface area contributed by atoms with Gasteiger partial charge in [0.2, 0.25) is 0 Å². The Hall–Kier alpha value is -2.12. The summed E-state index contributed by atoms with van der Waals surface area (Å²) in [5.74, 6) is 0.963. The van der Waals surface area contributed by atoms with E-state index in [1.807, 2.05) is 28.6 Å². The molecule has 2 fully saturated rings. The van der Waals surface area contributed by atoms with Crippen molar-refractivity contribution in [1.29, 1.82) is 0 Å². The van der Waals surface area contributed by atoms with Crippen molar-refractivity contribution >= 4 is 23.3 Å². The minimum atomic E-state index is 0.0644. The Labute approximate surface area is 163 Å². The molecular weight excluding hydrogens is 366 g/mol. The summed E-state index contributed by atoms with van der Waals surface area (Å²) >= 11 is 5.91. The number of rotatable bonds is 3. The zero-order chi connectivity index (χ0) is 18.8. The van der Waals surface area contributed by atoms with Gasteiger partial charge in [-0.25, -0.2) is 4.98 Å². The fourth-order valence-electron chi connectivity index (χ4n) is 3.80. The second-order valence-electron chi connectivity index (χ2n) is 7.05. The summed E-state index contributed by atoms with van der Waals surface area (Å²) in [7, 11) is 0. The minimum absolute atomic E-state index is 0.0644. The number of nitrogens with zero attached hydrogens (tertiary/aromatic N) is 5. The van der Waals surface area contributed by atoms with Gasteiger partial charge < -0.3 is 14.5 Å². The average molecular weight is 390 g/mol. The standard InChI is InChI=1S/C19H24ClN5O2/c1-14-17(13-22-25(14)16-4-10-27-11-5-16)19(26)24-8-6-23(7-9-24)18-3-2-15(20)12-21-18/h2-3,12-13,16H,4-11H2,1H3. The number of amides is 1. The van der Waals surface area contributed by atoms with E-state index >= 15 is 0 Å². The predicted octanol–water partition coefficient (Wildman–Crippen LogP) is 2.55. The lowest BCUT2D eigenvalue weighted by atomic mass is 10.1. The number of hydrogen-bond acceptors (Lipinski definition) is 5. The van der Waals surface area contributed by atoms with Gasteiger partial charge in [0.15, 0.2) is 0 Å². The molecule has 4 rings (SSSR count). The van der Waals surface area contributed by atoms with E-state index in [1.165, 1.54) is 0 Å². The molecule has 0 aliphatic carbocycles. The lowest BCUT2D eigenvalue weighted by Crippen LogP contribution is -2.49. The number of pyridine rings is 1. The van der Waals surface area contributed by atoms with E-state index in [1.54, 1.807) is 12.4 Å². The monoisotopic (exact) mass is 389 g/mol. The van der Waals surface area contributed by atoms with Crippen LogP contribution in [0.15, 0.2) is 24.5 Å². The normalized spacial score (nSPS) is 18.7. The second kappa shape index (κ2) is 7.86. The summed E-state index contributed by atoms with van der Waals surface area (Å²) in [4.78, 5) is 21.5. The van der Waals surface area contributed by atoms with Gasteiger partial charge in [0.05, 0.1) is 22.8 Å². The third-order valence-electron chi connectivity index (χ3n) is 5.41. The fraction of sp³-hybridized carbons (Fsp3) is 0.526. The molecule has 2 saturated heterocycles. The Bertz CT molecular complexity index is 793. The lowest BCUT2D eigenvalue weighted by molar-refractivity contribution is 0.0655. The molecule has 8 heteroatoms. The lowest BCUT2D eigenvalue weighted by Gasteiger charge is -2.35. The molecule has 27 heavy (non-hydrogen) atoms. The molecule has 144 valence electrons. The van der Waals surface area contributed by atoms with Gasteiger partial charge in [0.1, 0.15) is 5.82 Å². The van der Waals surface area contributed by atoms with Crippen molar-refractivity contribution in [2.45, 2.75) is 25.8 Å². The minimum Gasteiger partial charge on any atom is -0.381 e. The van der Waals surface area contributed by atoms with Crippen molar-refractivity contribution in [2.24, 2.45) is 0 Å². The summed E-state index contributed by atoms with van der Waals surface area (Å²) in [5.41, 5.74) is 1.66. The molecule has 0 saturated carbocycles. The summed E-state index contributed by atoms with van der Waals surface area (Å²) in [6.45, 7) is 6.36. The number of carbonyl (C=O) groups is 1. The average Bonchev–Trinajstić information content (AvgIpc) is 3.10. The van der Waals surface area contributed by atoms with Crippen LogP contribution in [0.3, 0.4) is 0 Å². The zero-order valence-corrected chi connectivity index (χ0v) is 16.2. The molecule has 0 atom stereocenters. The predicted molar refractivity (Wildman–Crippen MR) is 103 cm³/mol. The van der Waals surface area contributed by atoms with Gasteiger partial charge in [-0.05, 0) is 31.9 Å². The summed E-state index contributed by atoms with van der Waals surface area (Å²) in [6.07, 6.45) is 5.27. The molecule has 0 N–H and O–H groups in total. The van der Waals surface area contributed by atoms with E-state index in [9.17, 15) is 4.79 Å². The van der Waals surface area contributed by atoms with Gasteiger partial charge in [-0.3, -0.25) is 9.48 Å².